The number of nitrogens with one attached hydrogen (secondary N) is 2. The molecule has 0 aliphatic carbocycles. The molecule has 1 unspecified atom stereocenters. The Morgan fingerprint density at radius 3 is 1.85 bits per heavy atom. The van der Waals surface area contributed by atoms with Gasteiger partial charge in [0.1, 0.15) is 36.5 Å². The summed E-state index contributed by atoms with van der Waals surface area (Å²) >= 11 is 0. The molecular formula is C37H36N6O4. The Labute approximate surface area is 272 Å². The van der Waals surface area contributed by atoms with Gasteiger partial charge in [-0.15, -0.1) is 0 Å². The number of rotatable bonds is 3. The van der Waals surface area contributed by atoms with Crippen molar-refractivity contribution in [2.24, 2.45) is 0 Å². The summed E-state index contributed by atoms with van der Waals surface area (Å²) in [5, 5.41) is 7.50. The number of hydrogen-bond donors (Lipinski definition) is 2. The zero-order chi connectivity index (χ0) is 31.8. The molecule has 5 saturated heterocycles. The monoisotopic (exact) mass is 628 g/mol. The van der Waals surface area contributed by atoms with Crippen molar-refractivity contribution in [1.29, 1.82) is 0 Å². The molecule has 0 bridgehead atoms. The van der Waals surface area contributed by atoms with Gasteiger partial charge in [0, 0.05) is 31.4 Å². The first kappa shape index (κ1) is 27.3. The van der Waals surface area contributed by atoms with Crippen LogP contribution in [0.5, 0.6) is 0 Å². The predicted molar refractivity (Wildman–Crippen MR) is 173 cm³/mol. The molecule has 7 heterocycles. The molecule has 4 amide bonds. The normalized spacial score (nSPS) is 35.9. The van der Waals surface area contributed by atoms with Gasteiger partial charge in [-0.25, -0.2) is 0 Å². The number of amides is 4. The standard InChI is InChI=1S/C37H36N6O4/c1-40-27(18-21-10-3-2-4-11-21)33(47)42-28(30(40)44)19-36(22-12-5-7-14-24(22)38-34(36)42)37-20-29-31(45)41-17-9-16-26(41)32(46)43(29)35(37)39-25-15-8-6-13-23(25)37/h2-8,10-15,26-29,34-35,38-39H,9,16-20H2,1H3/t26?,27-,28-,29-,34-,35-,36+,37+/m0/s1. The Morgan fingerprint density at radius 1 is 0.660 bits per heavy atom. The second-order valence-corrected chi connectivity index (χ2v) is 14.4. The SMILES string of the molecule is CN1C(=O)[C@@H]2C[C@@]3([C@@]45C[C@H]6C(=O)N7CCCC7C(=O)N6[C@@H]4Nc4ccccc45)c4ccccc4N[C@H]3N2C(=O)[C@@H]1Cc1ccccc1. The fraction of sp³-hybridized carbons (Fsp3) is 0.405. The Hall–Kier alpha value is -4.86. The highest BCUT2D eigenvalue weighted by atomic mass is 16.2. The van der Waals surface area contributed by atoms with E-state index >= 15 is 0 Å². The molecule has 2 N–H and O–H groups in total. The van der Waals surface area contributed by atoms with Gasteiger partial charge in [-0.1, -0.05) is 66.7 Å². The smallest absolute Gasteiger partial charge is 0.248 e. The van der Waals surface area contributed by atoms with E-state index < -0.39 is 47.3 Å². The minimum Gasteiger partial charge on any atom is -0.364 e. The highest BCUT2D eigenvalue weighted by Crippen LogP contribution is 2.69. The van der Waals surface area contributed by atoms with Crippen molar-refractivity contribution in [2.45, 2.75) is 79.4 Å². The first-order valence-corrected chi connectivity index (χ1v) is 16.8. The van der Waals surface area contributed by atoms with E-state index in [9.17, 15) is 19.2 Å². The zero-order valence-corrected chi connectivity index (χ0v) is 26.1. The van der Waals surface area contributed by atoms with Gasteiger partial charge >= 0.3 is 0 Å². The maximum absolute atomic E-state index is 14.8. The Kier molecular flexibility index (Phi) is 5.31. The third-order valence-electron chi connectivity index (χ3n) is 12.7. The second kappa shape index (κ2) is 9.14. The van der Waals surface area contributed by atoms with Crippen LogP contribution in [0.2, 0.25) is 0 Å². The summed E-state index contributed by atoms with van der Waals surface area (Å²) in [4.78, 5) is 65.0. The van der Waals surface area contributed by atoms with Gasteiger partial charge in [0.25, 0.3) is 0 Å². The highest BCUT2D eigenvalue weighted by Gasteiger charge is 2.78. The van der Waals surface area contributed by atoms with E-state index in [0.29, 0.717) is 32.2 Å². The van der Waals surface area contributed by atoms with Gasteiger partial charge in [-0.05, 0) is 54.5 Å². The van der Waals surface area contributed by atoms with Crippen molar-refractivity contribution in [2.75, 3.05) is 24.2 Å². The molecule has 0 saturated carbocycles. The molecule has 8 atom stereocenters. The molecule has 47 heavy (non-hydrogen) atoms. The number of likely N-dealkylation sites (N-methyl/N-ethyl adjacent to an activating group) is 1. The van der Waals surface area contributed by atoms with Gasteiger partial charge in [0.05, 0.1) is 10.8 Å². The summed E-state index contributed by atoms with van der Waals surface area (Å²) in [5.74, 6) is -0.145. The van der Waals surface area contributed by atoms with Crippen molar-refractivity contribution in [3.05, 3.63) is 95.6 Å². The summed E-state index contributed by atoms with van der Waals surface area (Å²) in [6.07, 6.45) is 1.66. The number of piperazine rings is 2. The lowest BCUT2D eigenvalue weighted by molar-refractivity contribution is -0.159. The first-order chi connectivity index (χ1) is 22.9. The molecule has 0 radical (unpaired) electrons. The van der Waals surface area contributed by atoms with Crippen molar-refractivity contribution >= 4 is 35.0 Å². The van der Waals surface area contributed by atoms with Gasteiger partial charge < -0.3 is 30.2 Å². The van der Waals surface area contributed by atoms with Crippen molar-refractivity contribution in [3.63, 3.8) is 0 Å². The Balaban J connectivity index is 1.18. The minimum atomic E-state index is -0.811. The molecule has 0 spiro atoms. The van der Waals surface area contributed by atoms with Gasteiger partial charge in [0.2, 0.25) is 23.6 Å². The minimum absolute atomic E-state index is 0.00277. The van der Waals surface area contributed by atoms with Crippen LogP contribution in [0.15, 0.2) is 78.9 Å². The molecular weight excluding hydrogens is 592 g/mol. The lowest BCUT2D eigenvalue weighted by atomic mass is 9.54. The maximum Gasteiger partial charge on any atom is 0.248 e. The number of carbonyl (C=O) groups is 4. The van der Waals surface area contributed by atoms with Crippen molar-refractivity contribution in [1.82, 2.24) is 19.6 Å². The maximum atomic E-state index is 14.8. The molecule has 3 aromatic rings. The number of anilines is 2. The van der Waals surface area contributed by atoms with Crippen LogP contribution < -0.4 is 10.6 Å². The van der Waals surface area contributed by atoms with E-state index in [0.717, 1.165) is 34.5 Å². The van der Waals surface area contributed by atoms with Crippen LogP contribution in [-0.4, -0.2) is 93.3 Å². The average Bonchev–Trinajstić information content (AvgIpc) is 3.89. The second-order valence-electron chi connectivity index (χ2n) is 14.4. The van der Waals surface area contributed by atoms with E-state index in [4.69, 9.17) is 0 Å². The number of carbonyl (C=O) groups excluding carboxylic acids is 4. The van der Waals surface area contributed by atoms with Crippen LogP contribution in [0.25, 0.3) is 0 Å². The summed E-state index contributed by atoms with van der Waals surface area (Å²) in [7, 11) is 1.75. The van der Waals surface area contributed by atoms with Gasteiger partial charge in [-0.2, -0.15) is 0 Å². The van der Waals surface area contributed by atoms with E-state index in [2.05, 4.69) is 22.8 Å². The third kappa shape index (κ3) is 3.12. The molecule has 0 aromatic heterocycles. The molecule has 10 heteroatoms. The van der Waals surface area contributed by atoms with Crippen LogP contribution in [0.3, 0.4) is 0 Å². The topological polar surface area (TPSA) is 105 Å². The quantitative estimate of drug-likeness (QED) is 0.463. The van der Waals surface area contributed by atoms with Crippen LogP contribution in [-0.2, 0) is 36.4 Å². The Bertz CT molecular complexity index is 1900. The highest BCUT2D eigenvalue weighted by molar-refractivity contribution is 6.01. The third-order valence-corrected chi connectivity index (χ3v) is 12.7. The van der Waals surface area contributed by atoms with E-state index in [1.807, 2.05) is 76.5 Å². The summed E-state index contributed by atoms with van der Waals surface area (Å²) in [6.45, 7) is 0.605. The van der Waals surface area contributed by atoms with Crippen molar-refractivity contribution in [3.8, 4) is 0 Å². The number of para-hydroxylation sites is 2. The van der Waals surface area contributed by atoms with Crippen LogP contribution >= 0.6 is 0 Å². The Morgan fingerprint density at radius 2 is 1.21 bits per heavy atom. The molecule has 10 rings (SSSR count). The number of fused-ring (bicyclic) bond motifs is 12. The lowest BCUT2D eigenvalue weighted by Gasteiger charge is -2.48. The van der Waals surface area contributed by atoms with E-state index in [1.165, 1.54) is 0 Å². The van der Waals surface area contributed by atoms with Gasteiger partial charge in [0.15, 0.2) is 0 Å². The summed E-state index contributed by atoms with van der Waals surface area (Å²) in [6, 6.07) is 23.8. The van der Waals surface area contributed by atoms with Crippen molar-refractivity contribution < 1.29 is 19.2 Å². The molecule has 7 aliphatic heterocycles. The van der Waals surface area contributed by atoms with E-state index in [-0.39, 0.29) is 23.6 Å². The number of hydrogen-bond acceptors (Lipinski definition) is 6. The molecule has 7 aliphatic rings. The number of nitrogens with zero attached hydrogens (tertiary/aromatic N) is 4. The zero-order valence-electron chi connectivity index (χ0n) is 26.1. The summed E-state index contributed by atoms with van der Waals surface area (Å²) < 4.78 is 0. The van der Waals surface area contributed by atoms with Crippen LogP contribution in [0, 0.1) is 0 Å². The molecule has 3 aromatic carbocycles. The summed E-state index contributed by atoms with van der Waals surface area (Å²) in [5.41, 5.74) is 3.32. The average molecular weight is 629 g/mol. The molecule has 5 fully saturated rings. The first-order valence-electron chi connectivity index (χ1n) is 16.8. The molecule has 10 nitrogen and oxygen atoms in total. The van der Waals surface area contributed by atoms with Crippen LogP contribution in [0.4, 0.5) is 11.4 Å². The van der Waals surface area contributed by atoms with Crippen LogP contribution in [0.1, 0.15) is 42.4 Å². The fourth-order valence-corrected chi connectivity index (χ4v) is 10.8. The van der Waals surface area contributed by atoms with E-state index in [1.54, 1.807) is 16.8 Å². The lowest BCUT2D eigenvalue weighted by Crippen LogP contribution is -2.66. The number of benzene rings is 3. The van der Waals surface area contributed by atoms with Gasteiger partial charge in [-0.3, -0.25) is 19.2 Å². The predicted octanol–water partition coefficient (Wildman–Crippen LogP) is 2.66. The largest absolute Gasteiger partial charge is 0.364 e. The fourth-order valence-electron chi connectivity index (χ4n) is 10.8. The molecule has 238 valence electrons.